The highest BCUT2D eigenvalue weighted by Gasteiger charge is 2.37. The first kappa shape index (κ1) is 48.1. The Morgan fingerprint density at radius 3 is 1.52 bits per heavy atom. The van der Waals surface area contributed by atoms with Gasteiger partial charge in [0, 0.05) is 29.5 Å². The minimum absolute atomic E-state index is 0.157. The Bertz CT molecular complexity index is 3040. The summed E-state index contributed by atoms with van der Waals surface area (Å²) < 4.78 is 17.1. The molecule has 0 unspecified atom stereocenters. The molecule has 3 aliphatic heterocycles. The van der Waals surface area contributed by atoms with Crippen LogP contribution < -0.4 is 46.5 Å². The minimum atomic E-state index is -1.14. The normalized spacial score (nSPS) is 15.8. The summed E-state index contributed by atoms with van der Waals surface area (Å²) in [7, 11) is -1.14. The summed E-state index contributed by atoms with van der Waals surface area (Å²) in [4.78, 5) is 59.1. The second-order valence-corrected chi connectivity index (χ2v) is 26.1. The van der Waals surface area contributed by atoms with Gasteiger partial charge in [-0.2, -0.15) is 26.0 Å². The highest BCUT2D eigenvalue weighted by atomic mass is 35.6. The van der Waals surface area contributed by atoms with Crippen LogP contribution in [0.1, 0.15) is 41.5 Å². The zero-order valence-corrected chi connectivity index (χ0v) is 41.2. The number of nitrogens with one attached hydrogen (secondary N) is 7. The average Bonchev–Trinajstić information content (AvgIpc) is 3.90. The van der Waals surface area contributed by atoms with Gasteiger partial charge in [-0.05, 0) is 120 Å². The van der Waals surface area contributed by atoms with Crippen LogP contribution in [0.2, 0.25) is 30.1 Å². The summed E-state index contributed by atoms with van der Waals surface area (Å²) in [6.07, 6.45) is 3.52. The lowest BCUT2D eigenvalue weighted by molar-refractivity contribution is -0.130. The fourth-order valence-corrected chi connectivity index (χ4v) is 6.79. The fraction of sp³-hybridized carbons (Fsp3) is 0.267. The van der Waals surface area contributed by atoms with E-state index >= 15 is 0 Å². The van der Waals surface area contributed by atoms with E-state index in [9.17, 15) is 14.4 Å². The zero-order chi connectivity index (χ0) is 48.6. The lowest BCUT2D eigenvalue weighted by Crippen LogP contribution is -2.45. The molecule has 10 rings (SSSR count). The van der Waals surface area contributed by atoms with Gasteiger partial charge in [-0.15, -0.1) is 0 Å². The highest BCUT2D eigenvalue weighted by Crippen LogP contribution is 2.39. The van der Waals surface area contributed by atoms with Crippen molar-refractivity contribution in [1.82, 2.24) is 29.9 Å². The number of H-pyrrole nitrogens is 2. The van der Waals surface area contributed by atoms with E-state index in [2.05, 4.69) is 76.1 Å². The predicted molar refractivity (Wildman–Crippen MR) is 267 cm³/mol. The number of anilines is 8. The predicted octanol–water partition coefficient (Wildman–Crippen LogP) is 10.4. The van der Waals surface area contributed by atoms with Crippen LogP contribution in [0.3, 0.4) is 0 Å². The van der Waals surface area contributed by atoms with Crippen molar-refractivity contribution >= 4 is 127 Å². The molecule has 7 heterocycles. The van der Waals surface area contributed by atoms with Crippen LogP contribution in [0.15, 0.2) is 79.1 Å². The minimum Gasteiger partial charge on any atom is -0.476 e. The smallest absolute Gasteiger partial charge is 0.268 e. The molecule has 0 radical (unpaired) electrons. The van der Waals surface area contributed by atoms with Crippen molar-refractivity contribution in [3.8, 4) is 17.2 Å². The van der Waals surface area contributed by atoms with Crippen molar-refractivity contribution in [3.05, 3.63) is 89.6 Å². The quantitative estimate of drug-likeness (QED) is 0.0269. The van der Waals surface area contributed by atoms with Crippen LogP contribution in [-0.2, 0) is 14.4 Å². The molecule has 350 valence electrons. The van der Waals surface area contributed by atoms with Gasteiger partial charge < -0.3 is 56.5 Å². The van der Waals surface area contributed by atoms with Crippen LogP contribution in [0.25, 0.3) is 22.1 Å². The van der Waals surface area contributed by atoms with Crippen molar-refractivity contribution in [2.75, 3.05) is 32.3 Å². The number of carbonyl (C=O) groups is 3. The largest absolute Gasteiger partial charge is 0.476 e. The van der Waals surface area contributed by atoms with Gasteiger partial charge in [0.1, 0.15) is 46.9 Å². The molecule has 3 aromatic carbocycles. The van der Waals surface area contributed by atoms with E-state index in [-0.39, 0.29) is 23.0 Å². The summed E-state index contributed by atoms with van der Waals surface area (Å²) >= 11 is 17.0. The Kier molecular flexibility index (Phi) is 13.3. The Morgan fingerprint density at radius 1 is 0.582 bits per heavy atom. The fourth-order valence-electron chi connectivity index (χ4n) is 6.34. The van der Waals surface area contributed by atoms with Gasteiger partial charge in [0.25, 0.3) is 17.7 Å². The number of benzene rings is 3. The number of nitrogens with two attached hydrogens (primary N) is 1. The van der Waals surface area contributed by atoms with Crippen LogP contribution in [0.5, 0.6) is 17.2 Å². The van der Waals surface area contributed by atoms with Crippen LogP contribution in [0.4, 0.5) is 45.9 Å². The first-order valence-electron chi connectivity index (χ1n) is 20.8. The van der Waals surface area contributed by atoms with Gasteiger partial charge in [0.15, 0.2) is 16.8 Å². The number of aromatic nitrogens is 6. The van der Waals surface area contributed by atoms with Crippen LogP contribution in [-0.4, -0.2) is 71.8 Å². The average molecular weight is 988 g/mol. The third kappa shape index (κ3) is 11.6. The van der Waals surface area contributed by atoms with Crippen molar-refractivity contribution < 1.29 is 28.6 Å². The van der Waals surface area contributed by atoms with Crippen LogP contribution in [0, 0.1) is 0 Å². The number of carbonyl (C=O) groups excluding carboxylic acids is 3. The maximum atomic E-state index is 12.3. The lowest BCUT2D eigenvalue weighted by atomic mass is 10.1. The van der Waals surface area contributed by atoms with E-state index in [1.165, 1.54) is 0 Å². The number of nitrogens with zero attached hydrogens (tertiary/aromatic N) is 4. The number of ether oxygens (including phenoxy) is 3. The van der Waals surface area contributed by atoms with Crippen molar-refractivity contribution in [2.24, 2.45) is 0 Å². The Morgan fingerprint density at radius 2 is 1.01 bits per heavy atom. The van der Waals surface area contributed by atoms with E-state index in [1.807, 2.05) is 18.2 Å². The molecule has 22 heteroatoms. The zero-order valence-electron chi connectivity index (χ0n) is 38.0. The van der Waals surface area contributed by atoms with Gasteiger partial charge in [-0.1, -0.05) is 31.2 Å². The van der Waals surface area contributed by atoms with Gasteiger partial charge in [0.2, 0.25) is 11.2 Å². The lowest BCUT2D eigenvalue weighted by Gasteiger charge is -2.31. The molecule has 0 saturated heterocycles. The number of halogens is 3. The molecule has 0 bridgehead atoms. The highest BCUT2D eigenvalue weighted by molar-refractivity contribution is 7.18. The topological polar surface area (TPSA) is 248 Å². The second kappa shape index (κ2) is 18.5. The number of amides is 3. The SMILES string of the molecule is CC1(C)Oc2ccc(N)cc2NC1=O.CC1(C)Oc2ccc(Nc3nc(Nc4ccc5c(c4)NC(=O)C(C)(C)O5)c4cc[nH]c4n3)cc2NC1=O.C[Si](C)(C)Cl.Clc1nc(Cl)c2cc[nH]c2n1. The molecule has 0 saturated carbocycles. The van der Waals surface area contributed by atoms with Crippen molar-refractivity contribution in [3.63, 3.8) is 0 Å². The molecule has 67 heavy (non-hydrogen) atoms. The molecule has 0 spiro atoms. The number of nitrogen functional groups attached to an aromatic ring is 1. The van der Waals surface area contributed by atoms with Gasteiger partial charge in [-0.3, -0.25) is 14.4 Å². The summed E-state index contributed by atoms with van der Waals surface area (Å²) in [5.74, 6) is 2.16. The summed E-state index contributed by atoms with van der Waals surface area (Å²) in [5.41, 5.74) is 7.96. The van der Waals surface area contributed by atoms with Crippen molar-refractivity contribution in [1.29, 1.82) is 0 Å². The maximum absolute atomic E-state index is 12.3. The summed E-state index contributed by atoms with van der Waals surface area (Å²) in [6.45, 7) is 16.6. The van der Waals surface area contributed by atoms with Crippen molar-refractivity contribution in [2.45, 2.75) is 78.0 Å². The Hall–Kier alpha value is -6.80. The molecule has 0 atom stereocenters. The van der Waals surface area contributed by atoms with E-state index in [1.54, 1.807) is 102 Å². The third-order valence-corrected chi connectivity index (χ3v) is 10.2. The van der Waals surface area contributed by atoms with Gasteiger partial charge in [0.05, 0.1) is 27.8 Å². The molecule has 0 fully saturated rings. The monoisotopic (exact) mass is 986 g/mol. The molecule has 9 N–H and O–H groups in total. The first-order valence-corrected chi connectivity index (χ1v) is 26.0. The maximum Gasteiger partial charge on any atom is 0.268 e. The molecule has 3 aliphatic rings. The van der Waals surface area contributed by atoms with E-state index in [0.717, 1.165) is 10.8 Å². The Labute approximate surface area is 401 Å². The number of hydrogen-bond acceptors (Lipinski definition) is 13. The molecule has 0 aliphatic carbocycles. The molecular weight excluding hydrogens is 939 g/mol. The van der Waals surface area contributed by atoms with E-state index < -0.39 is 24.2 Å². The molecule has 18 nitrogen and oxygen atoms in total. The van der Waals surface area contributed by atoms with Gasteiger partial charge >= 0.3 is 0 Å². The summed E-state index contributed by atoms with van der Waals surface area (Å²) in [6, 6.07) is 19.7. The summed E-state index contributed by atoms with van der Waals surface area (Å²) in [5, 5.41) is 17.1. The van der Waals surface area contributed by atoms with E-state index in [4.69, 9.17) is 54.2 Å². The molecule has 7 aromatic rings. The number of rotatable bonds is 4. The Balaban J connectivity index is 0.000000179. The number of aromatic amines is 2. The number of hydrogen-bond donors (Lipinski definition) is 8. The van der Waals surface area contributed by atoms with Gasteiger partial charge in [-0.25, -0.2) is 4.98 Å². The third-order valence-electron chi connectivity index (χ3n) is 9.72. The molecular formula is C45H49Cl3N12O6Si. The number of fused-ring (bicyclic) bond motifs is 5. The first-order chi connectivity index (χ1) is 31.3. The van der Waals surface area contributed by atoms with Crippen LogP contribution >= 0.6 is 34.3 Å². The van der Waals surface area contributed by atoms with E-state index in [0.29, 0.717) is 79.6 Å². The molecule has 3 amide bonds. The second-order valence-electron chi connectivity index (χ2n) is 17.9. The molecule has 4 aromatic heterocycles. The standard InChI is InChI=1S/C26H25N7O4.C10H12N2O2.C6H3Cl2N3.C3H9ClSi/c1-25(2)22(34)30-16-11-13(5-7-18(16)36-25)28-21-15-9-10-27-20(15)32-24(33-21)29-14-6-8-19-17(12-14)31-23(35)26(3,4)37-19;1-10(2)9(13)12-7-5-6(11)3-4-8(7)14-10;7-4-3-1-2-9-5(3)11-6(8)10-4;1-5(2,3)4/h5-12H,1-4H3,(H,30,34)(H,31,35)(H3,27,28,29,32,33);3-5H,11H2,1-2H3,(H,12,13);1-2H,(H,9,10,11);1-3H3.